The van der Waals surface area contributed by atoms with E-state index >= 15 is 0 Å². The zero-order chi connectivity index (χ0) is 13.8. The molecule has 5 heteroatoms. The standard InChI is InChI=1S/C14H17ClFNO2/c1-19-14(18)10-5-7-17(8-6-10)9-11-12(15)3-2-4-13(11)16/h2-4,10H,5-9H2,1H3. The fourth-order valence-corrected chi connectivity index (χ4v) is 2.62. The molecule has 1 aliphatic rings. The SMILES string of the molecule is COC(=O)C1CCN(Cc2c(F)cccc2Cl)CC1. The van der Waals surface area contributed by atoms with Gasteiger partial charge in [0.15, 0.2) is 0 Å². The lowest BCUT2D eigenvalue weighted by molar-refractivity contribution is -0.147. The first-order valence-corrected chi connectivity index (χ1v) is 6.72. The molecule has 1 aliphatic heterocycles. The summed E-state index contributed by atoms with van der Waals surface area (Å²) in [6.07, 6.45) is 1.50. The van der Waals surface area contributed by atoms with Crippen molar-refractivity contribution in [2.24, 2.45) is 5.92 Å². The summed E-state index contributed by atoms with van der Waals surface area (Å²) >= 11 is 6.01. The number of likely N-dealkylation sites (tertiary alicyclic amines) is 1. The van der Waals surface area contributed by atoms with E-state index in [1.807, 2.05) is 0 Å². The third-order valence-electron chi connectivity index (χ3n) is 3.57. The maximum absolute atomic E-state index is 13.7. The van der Waals surface area contributed by atoms with Crippen LogP contribution in [0.5, 0.6) is 0 Å². The first-order valence-electron chi connectivity index (χ1n) is 6.35. The number of benzene rings is 1. The molecular formula is C14H17ClFNO2. The Bertz CT molecular complexity index is 439. The Balaban J connectivity index is 1.94. The van der Waals surface area contributed by atoms with Crippen LogP contribution < -0.4 is 0 Å². The number of carbonyl (C=O) groups excluding carboxylic acids is 1. The van der Waals surface area contributed by atoms with Gasteiger partial charge in [-0.05, 0) is 38.1 Å². The van der Waals surface area contributed by atoms with Crippen LogP contribution in [0.2, 0.25) is 5.02 Å². The topological polar surface area (TPSA) is 29.5 Å². The quantitative estimate of drug-likeness (QED) is 0.800. The summed E-state index contributed by atoms with van der Waals surface area (Å²) in [5, 5.41) is 0.454. The summed E-state index contributed by atoms with van der Waals surface area (Å²) in [5.74, 6) is -0.455. The normalized spacial score (nSPS) is 17.4. The molecule has 0 bridgehead atoms. The monoisotopic (exact) mass is 285 g/mol. The minimum absolute atomic E-state index is 0.0302. The third-order valence-corrected chi connectivity index (χ3v) is 3.92. The second kappa shape index (κ2) is 6.35. The molecule has 0 radical (unpaired) electrons. The van der Waals surface area contributed by atoms with Gasteiger partial charge in [0.1, 0.15) is 5.82 Å². The van der Waals surface area contributed by atoms with Crippen LogP contribution in [0.25, 0.3) is 0 Å². The molecule has 3 nitrogen and oxygen atoms in total. The summed E-state index contributed by atoms with van der Waals surface area (Å²) in [6, 6.07) is 4.72. The molecule has 0 atom stereocenters. The van der Waals surface area contributed by atoms with Crippen molar-refractivity contribution in [2.75, 3.05) is 20.2 Å². The largest absolute Gasteiger partial charge is 0.469 e. The van der Waals surface area contributed by atoms with E-state index in [2.05, 4.69) is 4.90 Å². The van der Waals surface area contributed by atoms with E-state index in [9.17, 15) is 9.18 Å². The summed E-state index contributed by atoms with van der Waals surface area (Å²) in [4.78, 5) is 13.5. The minimum Gasteiger partial charge on any atom is -0.469 e. The maximum atomic E-state index is 13.7. The molecule has 104 valence electrons. The van der Waals surface area contributed by atoms with Crippen molar-refractivity contribution < 1.29 is 13.9 Å². The van der Waals surface area contributed by atoms with Crippen LogP contribution in [-0.2, 0) is 16.1 Å². The second-order valence-electron chi connectivity index (χ2n) is 4.77. The van der Waals surface area contributed by atoms with Gasteiger partial charge >= 0.3 is 5.97 Å². The summed E-state index contributed by atoms with van der Waals surface area (Å²) in [6.45, 7) is 1.99. The predicted molar refractivity (Wildman–Crippen MR) is 71.4 cm³/mol. The van der Waals surface area contributed by atoms with Crippen molar-refractivity contribution in [1.29, 1.82) is 0 Å². The molecular weight excluding hydrogens is 269 g/mol. The van der Waals surface area contributed by atoms with Crippen LogP contribution in [-0.4, -0.2) is 31.1 Å². The lowest BCUT2D eigenvalue weighted by Gasteiger charge is -2.30. The van der Waals surface area contributed by atoms with Gasteiger partial charge in [-0.1, -0.05) is 17.7 Å². The molecule has 0 aromatic heterocycles. The van der Waals surface area contributed by atoms with Crippen molar-refractivity contribution in [3.63, 3.8) is 0 Å². The van der Waals surface area contributed by atoms with E-state index in [1.54, 1.807) is 12.1 Å². The highest BCUT2D eigenvalue weighted by atomic mass is 35.5. The number of hydrogen-bond donors (Lipinski definition) is 0. The molecule has 19 heavy (non-hydrogen) atoms. The number of hydrogen-bond acceptors (Lipinski definition) is 3. The molecule has 1 fully saturated rings. The third kappa shape index (κ3) is 3.45. The Kier molecular flexibility index (Phi) is 4.77. The van der Waals surface area contributed by atoms with Crippen molar-refractivity contribution in [3.8, 4) is 0 Å². The Morgan fingerprint density at radius 3 is 2.74 bits per heavy atom. The lowest BCUT2D eigenvalue weighted by Crippen LogP contribution is -2.36. The highest BCUT2D eigenvalue weighted by Crippen LogP contribution is 2.24. The predicted octanol–water partition coefficient (Wildman–Crippen LogP) is 2.86. The molecule has 0 spiro atoms. The van der Waals surface area contributed by atoms with E-state index in [4.69, 9.17) is 16.3 Å². The van der Waals surface area contributed by atoms with Gasteiger partial charge in [0.2, 0.25) is 0 Å². The average molecular weight is 286 g/mol. The van der Waals surface area contributed by atoms with Gasteiger partial charge in [0, 0.05) is 17.1 Å². The van der Waals surface area contributed by atoms with Gasteiger partial charge in [0.25, 0.3) is 0 Å². The van der Waals surface area contributed by atoms with Gasteiger partial charge in [-0.25, -0.2) is 4.39 Å². The van der Waals surface area contributed by atoms with Gasteiger partial charge in [-0.3, -0.25) is 9.69 Å². The number of esters is 1. The molecule has 0 amide bonds. The molecule has 1 aromatic carbocycles. The van der Waals surface area contributed by atoms with Crippen LogP contribution in [0.15, 0.2) is 18.2 Å². The summed E-state index contributed by atoms with van der Waals surface area (Å²) < 4.78 is 18.4. The average Bonchev–Trinajstić information content (AvgIpc) is 2.43. The molecule has 0 saturated carbocycles. The number of methoxy groups -OCH3 is 1. The fourth-order valence-electron chi connectivity index (χ4n) is 2.40. The molecule has 0 unspecified atom stereocenters. The number of carbonyl (C=O) groups is 1. The zero-order valence-corrected chi connectivity index (χ0v) is 11.6. The number of ether oxygens (including phenoxy) is 1. The Hall–Kier alpha value is -1.13. The fraction of sp³-hybridized carbons (Fsp3) is 0.500. The zero-order valence-electron chi connectivity index (χ0n) is 10.9. The van der Waals surface area contributed by atoms with Crippen molar-refractivity contribution in [3.05, 3.63) is 34.6 Å². The van der Waals surface area contributed by atoms with Crippen molar-refractivity contribution >= 4 is 17.6 Å². The van der Waals surface area contributed by atoms with E-state index < -0.39 is 0 Å². The molecule has 2 rings (SSSR count). The van der Waals surface area contributed by atoms with Crippen molar-refractivity contribution in [2.45, 2.75) is 19.4 Å². The van der Waals surface area contributed by atoms with Crippen LogP contribution in [0, 0.1) is 11.7 Å². The number of halogens is 2. The molecule has 1 heterocycles. The first-order chi connectivity index (χ1) is 9.11. The summed E-state index contributed by atoms with van der Waals surface area (Å²) in [7, 11) is 1.41. The van der Waals surface area contributed by atoms with Gasteiger partial charge < -0.3 is 4.74 Å². The number of nitrogens with zero attached hydrogens (tertiary/aromatic N) is 1. The number of rotatable bonds is 3. The van der Waals surface area contributed by atoms with Gasteiger partial charge in [-0.15, -0.1) is 0 Å². The van der Waals surface area contributed by atoms with Gasteiger partial charge in [0.05, 0.1) is 13.0 Å². The smallest absolute Gasteiger partial charge is 0.308 e. The van der Waals surface area contributed by atoms with E-state index in [1.165, 1.54) is 13.2 Å². The van der Waals surface area contributed by atoms with E-state index in [-0.39, 0.29) is 17.7 Å². The minimum atomic E-state index is -0.275. The molecule has 0 aliphatic carbocycles. The highest BCUT2D eigenvalue weighted by molar-refractivity contribution is 6.31. The Morgan fingerprint density at radius 1 is 1.47 bits per heavy atom. The Morgan fingerprint density at radius 2 is 2.16 bits per heavy atom. The van der Waals surface area contributed by atoms with Crippen molar-refractivity contribution in [1.82, 2.24) is 4.90 Å². The van der Waals surface area contributed by atoms with Crippen LogP contribution >= 0.6 is 11.6 Å². The van der Waals surface area contributed by atoms with E-state index in [0.717, 1.165) is 25.9 Å². The molecule has 1 aromatic rings. The van der Waals surface area contributed by atoms with Gasteiger partial charge in [-0.2, -0.15) is 0 Å². The lowest BCUT2D eigenvalue weighted by atomic mass is 9.96. The number of piperidine rings is 1. The highest BCUT2D eigenvalue weighted by Gasteiger charge is 2.26. The Labute approximate surface area is 117 Å². The molecule has 1 saturated heterocycles. The van der Waals surface area contributed by atoms with Crippen LogP contribution in [0.1, 0.15) is 18.4 Å². The maximum Gasteiger partial charge on any atom is 0.308 e. The van der Waals surface area contributed by atoms with Crippen LogP contribution in [0.3, 0.4) is 0 Å². The second-order valence-corrected chi connectivity index (χ2v) is 5.18. The summed E-state index contributed by atoms with van der Waals surface area (Å²) in [5.41, 5.74) is 0.528. The van der Waals surface area contributed by atoms with Crippen LogP contribution in [0.4, 0.5) is 4.39 Å². The van der Waals surface area contributed by atoms with E-state index in [0.29, 0.717) is 17.1 Å². The molecule has 0 N–H and O–H groups in total. The first kappa shape index (κ1) is 14.3.